The number of ether oxygens (including phenoxy) is 3. The molecule has 1 aliphatic heterocycles. The average Bonchev–Trinajstić information content (AvgIpc) is 3.18. The van der Waals surface area contributed by atoms with Crippen molar-refractivity contribution >= 4 is 10.0 Å². The minimum atomic E-state index is -3.60. The van der Waals surface area contributed by atoms with Crippen molar-refractivity contribution < 1.29 is 22.6 Å². The minimum absolute atomic E-state index is 0.242. The fourth-order valence-electron chi connectivity index (χ4n) is 2.86. The molecule has 9 heteroatoms. The number of sulfonamides is 1. The minimum Gasteiger partial charge on any atom is -0.491 e. The summed E-state index contributed by atoms with van der Waals surface area (Å²) in [6.45, 7) is 4.59. The van der Waals surface area contributed by atoms with Gasteiger partial charge in [-0.2, -0.15) is 9.40 Å². The third kappa shape index (κ3) is 4.67. The third-order valence-corrected chi connectivity index (χ3v) is 6.28. The highest BCUT2D eigenvalue weighted by atomic mass is 32.2. The Labute approximate surface area is 159 Å². The van der Waals surface area contributed by atoms with E-state index in [1.54, 1.807) is 42.3 Å². The summed E-state index contributed by atoms with van der Waals surface area (Å²) in [4.78, 5) is 0.242. The van der Waals surface area contributed by atoms with E-state index < -0.39 is 10.0 Å². The van der Waals surface area contributed by atoms with Crippen LogP contribution in [0.25, 0.3) is 0 Å². The Kier molecular flexibility index (Phi) is 6.48. The first-order valence-electron chi connectivity index (χ1n) is 8.90. The predicted molar refractivity (Wildman–Crippen MR) is 99.2 cm³/mol. The van der Waals surface area contributed by atoms with Gasteiger partial charge in [0, 0.05) is 38.5 Å². The normalized spacial score (nSPS) is 18.5. The van der Waals surface area contributed by atoms with Gasteiger partial charge >= 0.3 is 0 Å². The lowest BCUT2D eigenvalue weighted by atomic mass is 10.2. The van der Waals surface area contributed by atoms with Gasteiger partial charge in [0.25, 0.3) is 0 Å². The molecule has 0 bridgehead atoms. The van der Waals surface area contributed by atoms with Gasteiger partial charge in [-0.1, -0.05) is 0 Å². The number of nitrogens with zero attached hydrogens (tertiary/aromatic N) is 3. The molecule has 0 spiro atoms. The summed E-state index contributed by atoms with van der Waals surface area (Å²) in [6.07, 6.45) is 3.31. The van der Waals surface area contributed by atoms with Gasteiger partial charge < -0.3 is 14.2 Å². The van der Waals surface area contributed by atoms with Crippen molar-refractivity contribution in [2.75, 3.05) is 40.0 Å². The van der Waals surface area contributed by atoms with Crippen molar-refractivity contribution in [1.29, 1.82) is 0 Å². The van der Waals surface area contributed by atoms with Crippen LogP contribution in [-0.4, -0.2) is 62.5 Å². The van der Waals surface area contributed by atoms with Gasteiger partial charge in [0.15, 0.2) is 0 Å². The highest BCUT2D eigenvalue weighted by Crippen LogP contribution is 2.27. The highest BCUT2D eigenvalue weighted by Gasteiger charge is 2.32. The van der Waals surface area contributed by atoms with Gasteiger partial charge in [0.2, 0.25) is 10.0 Å². The molecule has 2 aromatic rings. The molecule has 1 aliphatic rings. The van der Waals surface area contributed by atoms with Crippen molar-refractivity contribution in [2.24, 2.45) is 0 Å². The Morgan fingerprint density at radius 1 is 1.26 bits per heavy atom. The van der Waals surface area contributed by atoms with Crippen molar-refractivity contribution in [3.8, 4) is 5.75 Å². The molecule has 0 saturated carbocycles. The predicted octanol–water partition coefficient (Wildman–Crippen LogP) is 1.69. The molecule has 2 heterocycles. The number of hydrogen-bond donors (Lipinski definition) is 0. The van der Waals surface area contributed by atoms with Crippen LogP contribution in [0.2, 0.25) is 0 Å². The lowest BCUT2D eigenvalue weighted by molar-refractivity contribution is -0.00260. The Balaban J connectivity index is 1.70. The third-order valence-electron chi connectivity index (χ3n) is 4.40. The van der Waals surface area contributed by atoms with E-state index in [0.717, 1.165) is 12.1 Å². The number of methoxy groups -OCH3 is 1. The molecule has 0 amide bonds. The second kappa shape index (κ2) is 8.83. The van der Waals surface area contributed by atoms with Gasteiger partial charge in [-0.05, 0) is 31.2 Å². The van der Waals surface area contributed by atoms with E-state index in [-0.39, 0.29) is 17.5 Å². The van der Waals surface area contributed by atoms with Crippen LogP contribution in [0.5, 0.6) is 5.75 Å². The van der Waals surface area contributed by atoms with Crippen molar-refractivity contribution in [3.05, 3.63) is 42.2 Å². The lowest BCUT2D eigenvalue weighted by Crippen LogP contribution is -2.42. The summed E-state index contributed by atoms with van der Waals surface area (Å²) in [5, 5.41) is 4.24. The summed E-state index contributed by atoms with van der Waals surface area (Å²) in [6, 6.07) is 6.45. The molecule has 1 fully saturated rings. The van der Waals surface area contributed by atoms with Crippen LogP contribution in [0.1, 0.15) is 18.6 Å². The molecule has 27 heavy (non-hydrogen) atoms. The molecule has 1 unspecified atom stereocenters. The zero-order valence-electron chi connectivity index (χ0n) is 15.6. The van der Waals surface area contributed by atoms with E-state index in [0.29, 0.717) is 32.1 Å². The Morgan fingerprint density at radius 3 is 2.70 bits per heavy atom. The van der Waals surface area contributed by atoms with Crippen LogP contribution in [0, 0.1) is 0 Å². The Morgan fingerprint density at radius 2 is 2.04 bits per heavy atom. The van der Waals surface area contributed by atoms with Gasteiger partial charge in [-0.25, -0.2) is 8.42 Å². The van der Waals surface area contributed by atoms with Crippen molar-refractivity contribution in [2.45, 2.75) is 24.5 Å². The zero-order chi connectivity index (χ0) is 19.3. The maximum atomic E-state index is 13.0. The molecule has 3 rings (SSSR count). The molecule has 1 saturated heterocycles. The van der Waals surface area contributed by atoms with Crippen LogP contribution in [0.15, 0.2) is 41.6 Å². The van der Waals surface area contributed by atoms with E-state index in [9.17, 15) is 8.42 Å². The molecule has 148 valence electrons. The Bertz CT molecular complexity index is 835. The summed E-state index contributed by atoms with van der Waals surface area (Å²) in [5.74, 6) is 0.609. The average molecular weight is 395 g/mol. The largest absolute Gasteiger partial charge is 0.491 e. The molecule has 8 nitrogen and oxygen atoms in total. The fourth-order valence-corrected chi connectivity index (χ4v) is 4.29. The number of morpholine rings is 1. The molecule has 0 N–H and O–H groups in total. The molecule has 1 atom stereocenters. The second-order valence-corrected chi connectivity index (χ2v) is 8.10. The first-order chi connectivity index (χ1) is 13.0. The maximum Gasteiger partial charge on any atom is 0.243 e. The molecule has 0 aliphatic carbocycles. The van der Waals surface area contributed by atoms with Gasteiger partial charge in [-0.3, -0.25) is 4.68 Å². The molecule has 1 aromatic carbocycles. The number of aryl methyl sites for hydroxylation is 1. The summed E-state index contributed by atoms with van der Waals surface area (Å²) in [7, 11) is -2.00. The summed E-state index contributed by atoms with van der Waals surface area (Å²) < 4.78 is 45.4. The van der Waals surface area contributed by atoms with Crippen molar-refractivity contribution in [1.82, 2.24) is 14.1 Å². The highest BCUT2D eigenvalue weighted by molar-refractivity contribution is 7.89. The van der Waals surface area contributed by atoms with Crippen LogP contribution >= 0.6 is 0 Å². The van der Waals surface area contributed by atoms with E-state index in [1.165, 1.54) is 4.31 Å². The van der Waals surface area contributed by atoms with Gasteiger partial charge in [0.05, 0.1) is 30.4 Å². The van der Waals surface area contributed by atoms with Gasteiger partial charge in [-0.15, -0.1) is 0 Å². The molecule has 1 aromatic heterocycles. The van der Waals surface area contributed by atoms with Gasteiger partial charge in [0.1, 0.15) is 12.4 Å². The quantitative estimate of drug-likeness (QED) is 0.633. The summed E-state index contributed by atoms with van der Waals surface area (Å²) in [5.41, 5.74) is 0.888. The second-order valence-electron chi connectivity index (χ2n) is 6.16. The van der Waals surface area contributed by atoms with Crippen LogP contribution < -0.4 is 4.74 Å². The summed E-state index contributed by atoms with van der Waals surface area (Å²) >= 11 is 0. The van der Waals surface area contributed by atoms with E-state index in [4.69, 9.17) is 14.2 Å². The zero-order valence-corrected chi connectivity index (χ0v) is 16.4. The van der Waals surface area contributed by atoms with E-state index >= 15 is 0 Å². The molecular weight excluding hydrogens is 370 g/mol. The molecular formula is C18H25N3O5S. The first-order valence-corrected chi connectivity index (χ1v) is 10.3. The number of aromatic nitrogens is 2. The topological polar surface area (TPSA) is 82.9 Å². The fraction of sp³-hybridized carbons (Fsp3) is 0.500. The van der Waals surface area contributed by atoms with E-state index in [2.05, 4.69) is 5.10 Å². The van der Waals surface area contributed by atoms with Crippen LogP contribution in [-0.2, 0) is 26.0 Å². The number of benzene rings is 1. The lowest BCUT2D eigenvalue weighted by Gasteiger charge is -2.31. The molecule has 0 radical (unpaired) electrons. The van der Waals surface area contributed by atoms with Crippen LogP contribution in [0.3, 0.4) is 0 Å². The smallest absolute Gasteiger partial charge is 0.243 e. The van der Waals surface area contributed by atoms with Crippen LogP contribution in [0.4, 0.5) is 0 Å². The van der Waals surface area contributed by atoms with Crippen molar-refractivity contribution in [3.63, 3.8) is 0 Å². The maximum absolute atomic E-state index is 13.0. The monoisotopic (exact) mass is 395 g/mol. The standard InChI is InChI=1S/C18H25N3O5S/c1-3-20-13-15(12-19-20)18-14-21(8-9-26-18)27(22,23)17-6-4-16(5-7-17)25-11-10-24-2/h4-7,12-13,18H,3,8-11,14H2,1-2H3. The number of hydrogen-bond acceptors (Lipinski definition) is 6. The first kappa shape index (κ1) is 19.8. The van der Waals surface area contributed by atoms with E-state index in [1.807, 2.05) is 13.1 Å². The SMILES string of the molecule is CCn1cc(C2CN(S(=O)(=O)c3ccc(OCCOC)cc3)CCO2)cn1. The number of rotatable bonds is 8. The Hall–Kier alpha value is -1.94.